The first-order valence-corrected chi connectivity index (χ1v) is 13.9. The molecule has 0 spiro atoms. The zero-order valence-corrected chi connectivity index (χ0v) is 25.8. The predicted molar refractivity (Wildman–Crippen MR) is 174 cm³/mol. The zero-order chi connectivity index (χ0) is 31.0. The summed E-state index contributed by atoms with van der Waals surface area (Å²) in [6.07, 6.45) is 0. The lowest BCUT2D eigenvalue weighted by Gasteiger charge is -2.43. The van der Waals surface area contributed by atoms with Gasteiger partial charge in [0.15, 0.2) is 0 Å². The number of rotatable bonds is 3. The van der Waals surface area contributed by atoms with E-state index in [2.05, 4.69) is 35.5 Å². The number of hydrogen-bond acceptors (Lipinski definition) is 6. The molecule has 3 aromatic rings. The minimum Gasteiger partial charge on any atom is -0.758 e. The Kier molecular flexibility index (Phi) is 8.10. The van der Waals surface area contributed by atoms with Crippen molar-refractivity contribution in [1.29, 1.82) is 0 Å². The number of hydrogen-bond donors (Lipinski definition) is 0. The molecule has 216 valence electrons. The molecule has 0 aliphatic heterocycles. The molecule has 0 saturated heterocycles. The maximum Gasteiger partial charge on any atom is 0.0426 e. The molecule has 0 unspecified atom stereocenters. The first kappa shape index (κ1) is 30.6. The summed E-state index contributed by atoms with van der Waals surface area (Å²) < 4.78 is 0. The van der Waals surface area contributed by atoms with Crippen molar-refractivity contribution in [3.63, 3.8) is 0 Å². The van der Waals surface area contributed by atoms with Gasteiger partial charge in [0.2, 0.25) is 0 Å². The van der Waals surface area contributed by atoms with Crippen LogP contribution in [0.1, 0.15) is 95.7 Å². The summed E-state index contributed by atoms with van der Waals surface area (Å²) in [6, 6.07) is 15.8. The third-order valence-electron chi connectivity index (χ3n) is 6.54. The molecule has 0 heterocycles. The molecular formula is C36H36N3O3-3. The zero-order valence-electron chi connectivity index (χ0n) is 25.8. The van der Waals surface area contributed by atoms with Gasteiger partial charge in [0, 0.05) is 67.1 Å². The van der Waals surface area contributed by atoms with Crippen LogP contribution in [0.15, 0.2) is 54.6 Å². The van der Waals surface area contributed by atoms with E-state index in [0.717, 1.165) is 15.2 Å². The molecule has 1 aliphatic carbocycles. The number of nitrogens with zero attached hydrogens (tertiary/aromatic N) is 3. The van der Waals surface area contributed by atoms with E-state index in [1.54, 1.807) is 54.6 Å². The van der Waals surface area contributed by atoms with Gasteiger partial charge in [0.05, 0.1) is 0 Å². The fourth-order valence-corrected chi connectivity index (χ4v) is 4.18. The van der Waals surface area contributed by atoms with Gasteiger partial charge >= 0.3 is 0 Å². The van der Waals surface area contributed by atoms with Crippen LogP contribution in [0.25, 0.3) is 0 Å². The van der Waals surface area contributed by atoms with Crippen LogP contribution in [0, 0.1) is 51.1 Å². The molecule has 0 fully saturated rings. The highest BCUT2D eigenvalue weighted by atomic mass is 16.5. The highest BCUT2D eigenvalue weighted by Crippen LogP contribution is 2.28. The highest BCUT2D eigenvalue weighted by Gasteiger charge is 2.17. The maximum atomic E-state index is 13.0. The van der Waals surface area contributed by atoms with Crippen LogP contribution in [0.3, 0.4) is 0 Å². The van der Waals surface area contributed by atoms with Crippen molar-refractivity contribution >= 4 is 17.1 Å². The third kappa shape index (κ3) is 6.73. The first-order chi connectivity index (χ1) is 19.4. The molecule has 0 radical (unpaired) electrons. The Balaban J connectivity index is 1.98. The predicted octanol–water partition coefficient (Wildman–Crippen LogP) is 7.51. The van der Waals surface area contributed by atoms with Gasteiger partial charge in [-0.05, 0) is 117 Å². The topological polar surface area (TPSA) is 78.9 Å². The Hall–Kier alpha value is -4.38. The molecule has 1 aliphatic rings. The van der Waals surface area contributed by atoms with Gasteiger partial charge in [-0.3, -0.25) is 0 Å². The van der Waals surface area contributed by atoms with E-state index >= 15 is 0 Å². The Morgan fingerprint density at radius 1 is 0.381 bits per heavy atom. The second kappa shape index (κ2) is 11.1. The number of benzene rings is 3. The van der Waals surface area contributed by atoms with E-state index in [0.29, 0.717) is 50.4 Å². The minimum absolute atomic E-state index is 0.474. The smallest absolute Gasteiger partial charge is 0.0426 e. The molecule has 4 rings (SSSR count). The summed E-state index contributed by atoms with van der Waals surface area (Å²) in [5.41, 5.74) is 3.21. The van der Waals surface area contributed by atoms with Gasteiger partial charge in [0.25, 0.3) is 0 Å². The second-order valence-corrected chi connectivity index (χ2v) is 13.3. The van der Waals surface area contributed by atoms with E-state index in [1.807, 2.05) is 62.3 Å². The van der Waals surface area contributed by atoms with Crippen LogP contribution < -0.4 is 15.2 Å². The van der Waals surface area contributed by atoms with Crippen molar-refractivity contribution in [3.8, 4) is 35.5 Å². The van der Waals surface area contributed by atoms with Gasteiger partial charge in [0.1, 0.15) is 0 Å². The van der Waals surface area contributed by atoms with Gasteiger partial charge in [-0.25, -0.2) is 0 Å². The van der Waals surface area contributed by atoms with E-state index in [9.17, 15) is 15.6 Å². The van der Waals surface area contributed by atoms with E-state index in [-0.39, 0.29) is 0 Å². The average Bonchev–Trinajstić information content (AvgIpc) is 2.91. The fourth-order valence-electron chi connectivity index (χ4n) is 4.18. The molecule has 0 aromatic heterocycles. The molecule has 6 nitrogen and oxygen atoms in total. The van der Waals surface area contributed by atoms with E-state index < -0.39 is 16.6 Å². The van der Waals surface area contributed by atoms with E-state index in [1.165, 1.54) is 0 Å². The summed E-state index contributed by atoms with van der Waals surface area (Å²) in [4.78, 5) is 0. The van der Waals surface area contributed by atoms with Gasteiger partial charge in [-0.15, -0.1) is 0 Å². The van der Waals surface area contributed by atoms with Crippen LogP contribution in [-0.2, 0) is 0 Å². The summed E-state index contributed by atoms with van der Waals surface area (Å²) in [5, 5.41) is 41.9. The number of anilines is 3. The molecule has 6 heteroatoms. The SMILES string of the molecule is CC(C)(C)N([O-])c1ccc2c(c1)C#Cc1ccc(N([O-])C(C)(C)C)cc1C#Cc1ccc(N([O-])C(C)(C)C)cc1C#C2. The van der Waals surface area contributed by atoms with Crippen molar-refractivity contribution in [2.24, 2.45) is 0 Å². The Morgan fingerprint density at radius 3 is 0.810 bits per heavy atom. The lowest BCUT2D eigenvalue weighted by molar-refractivity contribution is 0.556. The Bertz CT molecular complexity index is 1500. The quantitative estimate of drug-likeness (QED) is 0.191. The Labute approximate surface area is 250 Å². The van der Waals surface area contributed by atoms with Crippen LogP contribution in [0.2, 0.25) is 0 Å². The summed E-state index contributed by atoms with van der Waals surface area (Å²) in [7, 11) is 0. The van der Waals surface area contributed by atoms with Crippen molar-refractivity contribution in [3.05, 3.63) is 104 Å². The van der Waals surface area contributed by atoms with Crippen molar-refractivity contribution in [1.82, 2.24) is 0 Å². The minimum atomic E-state index is -0.638. The maximum absolute atomic E-state index is 13.0. The lowest BCUT2D eigenvalue weighted by Crippen LogP contribution is -2.36. The lowest BCUT2D eigenvalue weighted by atomic mass is 9.99. The molecule has 0 atom stereocenters. The number of fused-ring (bicyclic) bond motifs is 3. The summed E-state index contributed by atoms with van der Waals surface area (Å²) >= 11 is 0. The van der Waals surface area contributed by atoms with Crippen LogP contribution >= 0.6 is 0 Å². The van der Waals surface area contributed by atoms with Crippen molar-refractivity contribution < 1.29 is 0 Å². The van der Waals surface area contributed by atoms with Crippen LogP contribution in [0.4, 0.5) is 17.1 Å². The van der Waals surface area contributed by atoms with Crippen LogP contribution in [-0.4, -0.2) is 16.6 Å². The largest absolute Gasteiger partial charge is 0.758 e. The highest BCUT2D eigenvalue weighted by molar-refractivity contribution is 5.69. The summed E-state index contributed by atoms with van der Waals surface area (Å²) in [5.74, 6) is 19.2. The van der Waals surface area contributed by atoms with Gasteiger partial charge in [-0.1, -0.05) is 35.5 Å². The molecule has 0 N–H and O–H groups in total. The normalized spacial score (nSPS) is 12.3. The molecule has 0 saturated carbocycles. The van der Waals surface area contributed by atoms with Gasteiger partial charge in [-0.2, -0.15) is 0 Å². The monoisotopic (exact) mass is 558 g/mol. The second-order valence-electron chi connectivity index (χ2n) is 13.3. The fraction of sp³-hybridized carbons (Fsp3) is 0.333. The van der Waals surface area contributed by atoms with Crippen molar-refractivity contribution in [2.45, 2.75) is 78.9 Å². The molecule has 42 heavy (non-hydrogen) atoms. The Morgan fingerprint density at radius 2 is 0.595 bits per heavy atom. The standard InChI is InChI=1S/C36H36N3O3/c1-34(2,3)37(40)31-19-16-25-11-14-29-23-33(39(42)36(7,8)9)21-18-27(29)12-15-30-24-32(38(41)35(4,5)6)20-17-26(30)10-13-28(25)22-31/h16-24H,1-9H3/q-3. The van der Waals surface area contributed by atoms with Gasteiger partial charge < -0.3 is 30.8 Å². The third-order valence-corrected chi connectivity index (χ3v) is 6.54. The van der Waals surface area contributed by atoms with Crippen LogP contribution in [0.5, 0.6) is 0 Å². The van der Waals surface area contributed by atoms with E-state index in [4.69, 9.17) is 0 Å². The first-order valence-electron chi connectivity index (χ1n) is 13.9. The molecular weight excluding hydrogens is 522 g/mol. The molecule has 0 bridgehead atoms. The summed E-state index contributed by atoms with van der Waals surface area (Å²) in [6.45, 7) is 16.6. The molecule has 0 amide bonds. The number of hydroxylamine groups is 3. The van der Waals surface area contributed by atoms with Crippen molar-refractivity contribution in [2.75, 3.05) is 15.2 Å². The molecule has 3 aromatic carbocycles. The average molecular weight is 559 g/mol.